The van der Waals surface area contributed by atoms with Crippen LogP contribution in [0.4, 0.5) is 0 Å². The molecule has 3 nitrogen and oxygen atoms in total. The third-order valence-electron chi connectivity index (χ3n) is 2.57. The zero-order chi connectivity index (χ0) is 12.5. The van der Waals surface area contributed by atoms with Gasteiger partial charge in [-0.3, -0.25) is 0 Å². The van der Waals surface area contributed by atoms with Gasteiger partial charge in [0.15, 0.2) is 0 Å². The van der Waals surface area contributed by atoms with E-state index < -0.39 is 0 Å². The van der Waals surface area contributed by atoms with E-state index in [-0.39, 0.29) is 6.10 Å². The third-order valence-corrected chi connectivity index (χ3v) is 2.57. The van der Waals surface area contributed by atoms with Gasteiger partial charge in [-0.1, -0.05) is 25.5 Å². The fourth-order valence-electron chi connectivity index (χ4n) is 1.69. The molecule has 0 bridgehead atoms. The SMILES string of the molecule is CCCC(O)CNCc1ccc(OCC)cc1. The van der Waals surface area contributed by atoms with Gasteiger partial charge < -0.3 is 15.2 Å². The van der Waals surface area contributed by atoms with E-state index in [1.165, 1.54) is 5.56 Å². The lowest BCUT2D eigenvalue weighted by molar-refractivity contribution is 0.160. The molecule has 1 aromatic rings. The number of hydrogen-bond acceptors (Lipinski definition) is 3. The molecule has 1 aromatic carbocycles. The number of aliphatic hydroxyl groups is 1. The average molecular weight is 237 g/mol. The van der Waals surface area contributed by atoms with Crippen LogP contribution in [0.25, 0.3) is 0 Å². The summed E-state index contributed by atoms with van der Waals surface area (Å²) in [5, 5.41) is 12.8. The Bertz CT molecular complexity index is 298. The van der Waals surface area contributed by atoms with Crippen molar-refractivity contribution in [1.82, 2.24) is 5.32 Å². The molecule has 0 fully saturated rings. The molecule has 0 heterocycles. The topological polar surface area (TPSA) is 41.5 Å². The highest BCUT2D eigenvalue weighted by atomic mass is 16.5. The first kappa shape index (κ1) is 14.0. The minimum absolute atomic E-state index is 0.234. The van der Waals surface area contributed by atoms with Gasteiger partial charge in [0.1, 0.15) is 5.75 Å². The van der Waals surface area contributed by atoms with E-state index >= 15 is 0 Å². The first-order chi connectivity index (χ1) is 8.26. The van der Waals surface area contributed by atoms with E-state index in [0.29, 0.717) is 13.2 Å². The zero-order valence-electron chi connectivity index (χ0n) is 10.8. The number of ether oxygens (including phenoxy) is 1. The summed E-state index contributed by atoms with van der Waals surface area (Å²) in [7, 11) is 0. The second-order valence-corrected chi connectivity index (χ2v) is 4.15. The lowest BCUT2D eigenvalue weighted by Crippen LogP contribution is -2.26. The molecule has 0 spiro atoms. The van der Waals surface area contributed by atoms with Crippen LogP contribution in [0.2, 0.25) is 0 Å². The molecule has 0 saturated heterocycles. The van der Waals surface area contributed by atoms with Crippen molar-refractivity contribution in [2.24, 2.45) is 0 Å². The Morgan fingerprint density at radius 3 is 2.53 bits per heavy atom. The molecule has 0 aromatic heterocycles. The van der Waals surface area contributed by atoms with Gasteiger partial charge in [0.2, 0.25) is 0 Å². The van der Waals surface area contributed by atoms with Crippen molar-refractivity contribution in [2.75, 3.05) is 13.2 Å². The van der Waals surface area contributed by atoms with Gasteiger partial charge in [-0.2, -0.15) is 0 Å². The molecule has 0 aliphatic heterocycles. The molecular weight excluding hydrogens is 214 g/mol. The summed E-state index contributed by atoms with van der Waals surface area (Å²) in [6.45, 7) is 6.19. The van der Waals surface area contributed by atoms with Crippen LogP contribution in [0, 0.1) is 0 Å². The van der Waals surface area contributed by atoms with Crippen LogP contribution >= 0.6 is 0 Å². The van der Waals surface area contributed by atoms with E-state index in [4.69, 9.17) is 4.74 Å². The first-order valence-electron chi connectivity index (χ1n) is 6.36. The van der Waals surface area contributed by atoms with Crippen LogP contribution in [0.3, 0.4) is 0 Å². The molecular formula is C14H23NO2. The summed E-state index contributed by atoms with van der Waals surface area (Å²) >= 11 is 0. The molecule has 1 unspecified atom stereocenters. The Labute approximate surface area is 104 Å². The Balaban J connectivity index is 2.27. The van der Waals surface area contributed by atoms with Crippen molar-refractivity contribution in [3.8, 4) is 5.75 Å². The monoisotopic (exact) mass is 237 g/mol. The van der Waals surface area contributed by atoms with E-state index in [9.17, 15) is 5.11 Å². The maximum absolute atomic E-state index is 9.56. The normalized spacial score (nSPS) is 12.4. The van der Waals surface area contributed by atoms with Gasteiger partial charge in [0.25, 0.3) is 0 Å². The smallest absolute Gasteiger partial charge is 0.119 e. The lowest BCUT2D eigenvalue weighted by Gasteiger charge is -2.11. The third kappa shape index (κ3) is 5.71. The van der Waals surface area contributed by atoms with Crippen molar-refractivity contribution in [3.63, 3.8) is 0 Å². The average Bonchev–Trinajstić information content (AvgIpc) is 2.32. The van der Waals surface area contributed by atoms with E-state index in [0.717, 1.165) is 25.1 Å². The second kappa shape index (κ2) is 8.09. The molecule has 1 atom stereocenters. The van der Waals surface area contributed by atoms with E-state index in [1.54, 1.807) is 0 Å². The van der Waals surface area contributed by atoms with E-state index in [2.05, 4.69) is 12.2 Å². The molecule has 3 heteroatoms. The Morgan fingerprint density at radius 1 is 1.24 bits per heavy atom. The highest BCUT2D eigenvalue weighted by Crippen LogP contribution is 2.11. The van der Waals surface area contributed by atoms with E-state index in [1.807, 2.05) is 31.2 Å². The van der Waals surface area contributed by atoms with Gasteiger partial charge >= 0.3 is 0 Å². The molecule has 0 amide bonds. The van der Waals surface area contributed by atoms with Gasteiger partial charge in [-0.05, 0) is 31.0 Å². The summed E-state index contributed by atoms with van der Waals surface area (Å²) < 4.78 is 5.38. The van der Waals surface area contributed by atoms with Crippen LogP contribution in [-0.4, -0.2) is 24.4 Å². The summed E-state index contributed by atoms with van der Waals surface area (Å²) in [5.41, 5.74) is 1.21. The van der Waals surface area contributed by atoms with Crippen molar-refractivity contribution in [1.29, 1.82) is 0 Å². The summed E-state index contributed by atoms with van der Waals surface area (Å²) in [5.74, 6) is 0.905. The van der Waals surface area contributed by atoms with Gasteiger partial charge in [0, 0.05) is 13.1 Å². The highest BCUT2D eigenvalue weighted by Gasteiger charge is 2.01. The number of nitrogens with one attached hydrogen (secondary N) is 1. The van der Waals surface area contributed by atoms with Crippen molar-refractivity contribution in [2.45, 2.75) is 39.3 Å². The lowest BCUT2D eigenvalue weighted by atomic mass is 10.2. The number of benzene rings is 1. The Kier molecular flexibility index (Phi) is 6.67. The standard InChI is InChI=1S/C14H23NO2/c1-3-5-13(16)11-15-10-12-6-8-14(9-7-12)17-4-2/h6-9,13,15-16H,3-5,10-11H2,1-2H3. The van der Waals surface area contributed by atoms with Gasteiger partial charge in [0.05, 0.1) is 12.7 Å². The summed E-state index contributed by atoms with van der Waals surface area (Å²) in [4.78, 5) is 0. The van der Waals surface area contributed by atoms with Crippen LogP contribution in [-0.2, 0) is 6.54 Å². The molecule has 17 heavy (non-hydrogen) atoms. The van der Waals surface area contributed by atoms with Crippen molar-refractivity contribution in [3.05, 3.63) is 29.8 Å². The van der Waals surface area contributed by atoms with Crippen LogP contribution in [0.5, 0.6) is 5.75 Å². The molecule has 0 radical (unpaired) electrons. The zero-order valence-corrected chi connectivity index (χ0v) is 10.8. The molecule has 0 saturated carbocycles. The largest absolute Gasteiger partial charge is 0.494 e. The molecule has 96 valence electrons. The summed E-state index contributed by atoms with van der Waals surface area (Å²) in [6.07, 6.45) is 1.64. The fraction of sp³-hybridized carbons (Fsp3) is 0.571. The van der Waals surface area contributed by atoms with Crippen LogP contribution in [0.15, 0.2) is 24.3 Å². The second-order valence-electron chi connectivity index (χ2n) is 4.15. The minimum atomic E-state index is -0.234. The fourth-order valence-corrected chi connectivity index (χ4v) is 1.69. The summed E-state index contributed by atoms with van der Waals surface area (Å²) in [6, 6.07) is 8.04. The number of hydrogen-bond donors (Lipinski definition) is 2. The Morgan fingerprint density at radius 2 is 1.94 bits per heavy atom. The quantitative estimate of drug-likeness (QED) is 0.729. The Hall–Kier alpha value is -1.06. The predicted molar refractivity (Wildman–Crippen MR) is 70.2 cm³/mol. The molecule has 0 aliphatic carbocycles. The minimum Gasteiger partial charge on any atom is -0.494 e. The van der Waals surface area contributed by atoms with Gasteiger partial charge in [-0.25, -0.2) is 0 Å². The highest BCUT2D eigenvalue weighted by molar-refractivity contribution is 5.27. The number of aliphatic hydroxyl groups excluding tert-OH is 1. The van der Waals surface area contributed by atoms with Crippen LogP contribution < -0.4 is 10.1 Å². The van der Waals surface area contributed by atoms with Gasteiger partial charge in [-0.15, -0.1) is 0 Å². The predicted octanol–water partition coefficient (Wildman–Crippen LogP) is 2.34. The first-order valence-corrected chi connectivity index (χ1v) is 6.36. The molecule has 0 aliphatic rings. The molecule has 1 rings (SSSR count). The maximum atomic E-state index is 9.56. The van der Waals surface area contributed by atoms with Crippen molar-refractivity contribution < 1.29 is 9.84 Å². The molecule has 2 N–H and O–H groups in total. The number of rotatable bonds is 8. The van der Waals surface area contributed by atoms with Crippen molar-refractivity contribution >= 4 is 0 Å². The maximum Gasteiger partial charge on any atom is 0.119 e. The van der Waals surface area contributed by atoms with Crippen LogP contribution in [0.1, 0.15) is 32.3 Å².